The number of esters is 2. The molecule has 0 saturated heterocycles. The Morgan fingerprint density at radius 3 is 2.00 bits per heavy atom. The average molecular weight is 310 g/mol. The van der Waals surface area contributed by atoms with Gasteiger partial charge in [-0.05, 0) is 23.6 Å². The molecule has 0 N–H and O–H groups in total. The van der Waals surface area contributed by atoms with Gasteiger partial charge in [0.25, 0.3) is 0 Å². The number of hydrogen-bond acceptors (Lipinski definition) is 6. The van der Waals surface area contributed by atoms with Crippen LogP contribution in [0.1, 0.15) is 26.3 Å². The Morgan fingerprint density at radius 2 is 1.50 bits per heavy atom. The number of methoxy groups -OCH3 is 2. The summed E-state index contributed by atoms with van der Waals surface area (Å²) in [6.45, 7) is 5.71. The lowest BCUT2D eigenvalue weighted by Crippen LogP contribution is -2.18. The van der Waals surface area contributed by atoms with Crippen molar-refractivity contribution < 1.29 is 28.5 Å². The van der Waals surface area contributed by atoms with Crippen molar-refractivity contribution in [1.29, 1.82) is 0 Å². The Kier molecular flexibility index (Phi) is 6.22. The molecule has 1 rings (SSSR count). The van der Waals surface area contributed by atoms with Crippen molar-refractivity contribution in [3.8, 4) is 11.5 Å². The van der Waals surface area contributed by atoms with Gasteiger partial charge in [0.2, 0.25) is 0 Å². The third kappa shape index (κ3) is 5.27. The number of benzene rings is 1. The van der Waals surface area contributed by atoms with Gasteiger partial charge in [-0.1, -0.05) is 20.8 Å². The summed E-state index contributed by atoms with van der Waals surface area (Å²) in [7, 11) is 2.61. The summed E-state index contributed by atoms with van der Waals surface area (Å²) in [6, 6.07) is 5.16. The van der Waals surface area contributed by atoms with Gasteiger partial charge in [0.15, 0.2) is 13.2 Å². The highest BCUT2D eigenvalue weighted by Gasteiger charge is 2.21. The lowest BCUT2D eigenvalue weighted by atomic mass is 9.86. The zero-order valence-corrected chi connectivity index (χ0v) is 13.6. The van der Waals surface area contributed by atoms with E-state index in [0.29, 0.717) is 11.5 Å². The monoisotopic (exact) mass is 310 g/mol. The molecule has 0 atom stereocenters. The predicted molar refractivity (Wildman–Crippen MR) is 80.2 cm³/mol. The van der Waals surface area contributed by atoms with Crippen LogP contribution in [0.4, 0.5) is 0 Å². The fourth-order valence-electron chi connectivity index (χ4n) is 1.71. The first-order valence-corrected chi connectivity index (χ1v) is 6.81. The maximum Gasteiger partial charge on any atom is 0.343 e. The van der Waals surface area contributed by atoms with Gasteiger partial charge in [-0.2, -0.15) is 0 Å². The normalized spacial score (nSPS) is 10.8. The van der Waals surface area contributed by atoms with Gasteiger partial charge in [0.1, 0.15) is 11.5 Å². The van der Waals surface area contributed by atoms with E-state index in [2.05, 4.69) is 9.47 Å². The topological polar surface area (TPSA) is 71.1 Å². The van der Waals surface area contributed by atoms with Gasteiger partial charge in [0.05, 0.1) is 14.2 Å². The predicted octanol–water partition coefficient (Wildman–Crippen LogP) is 2.09. The van der Waals surface area contributed by atoms with Crippen LogP contribution in [0.3, 0.4) is 0 Å². The van der Waals surface area contributed by atoms with E-state index >= 15 is 0 Å². The summed E-state index contributed by atoms with van der Waals surface area (Å²) in [6.07, 6.45) is 0. The molecule has 22 heavy (non-hydrogen) atoms. The van der Waals surface area contributed by atoms with Crippen LogP contribution in [-0.4, -0.2) is 39.4 Å². The second kappa shape index (κ2) is 7.68. The quantitative estimate of drug-likeness (QED) is 0.749. The Bertz CT molecular complexity index is 530. The molecule has 0 aromatic heterocycles. The first-order valence-electron chi connectivity index (χ1n) is 6.81. The van der Waals surface area contributed by atoms with Crippen LogP contribution in [0.2, 0.25) is 0 Å². The van der Waals surface area contributed by atoms with Crippen molar-refractivity contribution in [2.24, 2.45) is 0 Å². The number of carbonyl (C=O) groups is 2. The average Bonchev–Trinajstić information content (AvgIpc) is 2.49. The van der Waals surface area contributed by atoms with Crippen molar-refractivity contribution in [3.05, 3.63) is 23.8 Å². The van der Waals surface area contributed by atoms with E-state index in [4.69, 9.17) is 9.47 Å². The SMILES string of the molecule is COC(=O)COc1ccc(OCC(=O)OC)c(C(C)(C)C)c1. The lowest BCUT2D eigenvalue weighted by Gasteiger charge is -2.23. The molecule has 0 aliphatic rings. The van der Waals surface area contributed by atoms with E-state index in [1.165, 1.54) is 14.2 Å². The molecule has 0 heterocycles. The molecule has 6 heteroatoms. The molecule has 0 radical (unpaired) electrons. The summed E-state index contributed by atoms with van der Waals surface area (Å²) in [5, 5.41) is 0. The van der Waals surface area contributed by atoms with Crippen LogP contribution in [0.15, 0.2) is 18.2 Å². The molecule has 0 aliphatic heterocycles. The van der Waals surface area contributed by atoms with Gasteiger partial charge >= 0.3 is 11.9 Å². The minimum Gasteiger partial charge on any atom is -0.482 e. The Hall–Kier alpha value is -2.24. The summed E-state index contributed by atoms with van der Waals surface area (Å²) in [5.74, 6) is 0.193. The van der Waals surface area contributed by atoms with Crippen LogP contribution in [0.25, 0.3) is 0 Å². The second-order valence-corrected chi connectivity index (χ2v) is 5.64. The smallest absolute Gasteiger partial charge is 0.343 e. The third-order valence-electron chi connectivity index (χ3n) is 2.92. The number of ether oxygens (including phenoxy) is 4. The minimum absolute atomic E-state index is 0.164. The third-order valence-corrected chi connectivity index (χ3v) is 2.92. The molecule has 1 aromatic rings. The molecule has 0 unspecified atom stereocenters. The molecule has 1 aromatic carbocycles. The maximum atomic E-state index is 11.2. The zero-order chi connectivity index (χ0) is 16.8. The molecule has 0 bridgehead atoms. The maximum absolute atomic E-state index is 11.2. The number of hydrogen-bond donors (Lipinski definition) is 0. The van der Waals surface area contributed by atoms with Crippen LogP contribution >= 0.6 is 0 Å². The molecule has 0 fully saturated rings. The summed E-state index contributed by atoms with van der Waals surface area (Å²) < 4.78 is 20.0. The standard InChI is InChI=1S/C16H22O6/c1-16(2,3)12-8-11(21-9-14(17)19-4)6-7-13(12)22-10-15(18)20-5/h6-8H,9-10H2,1-5H3. The van der Waals surface area contributed by atoms with Crippen molar-refractivity contribution >= 4 is 11.9 Å². The van der Waals surface area contributed by atoms with Gasteiger partial charge in [-0.15, -0.1) is 0 Å². The van der Waals surface area contributed by atoms with Gasteiger partial charge in [-0.3, -0.25) is 0 Å². The van der Waals surface area contributed by atoms with Gasteiger partial charge in [-0.25, -0.2) is 9.59 Å². The molecule has 6 nitrogen and oxygen atoms in total. The molecule has 0 amide bonds. The Balaban J connectivity index is 2.93. The minimum atomic E-state index is -0.455. The summed E-state index contributed by atoms with van der Waals surface area (Å²) >= 11 is 0. The molecular formula is C16H22O6. The van der Waals surface area contributed by atoms with E-state index in [0.717, 1.165) is 5.56 Å². The first-order chi connectivity index (χ1) is 10.3. The van der Waals surface area contributed by atoms with Crippen molar-refractivity contribution in [2.75, 3.05) is 27.4 Å². The fourth-order valence-corrected chi connectivity index (χ4v) is 1.71. The highest BCUT2D eigenvalue weighted by molar-refractivity contribution is 5.71. The van der Waals surface area contributed by atoms with E-state index in [9.17, 15) is 9.59 Å². The fraction of sp³-hybridized carbons (Fsp3) is 0.500. The first kappa shape index (κ1) is 17.8. The number of rotatable bonds is 6. The van der Waals surface area contributed by atoms with E-state index < -0.39 is 11.9 Å². The molecule has 122 valence electrons. The van der Waals surface area contributed by atoms with E-state index in [1.807, 2.05) is 20.8 Å². The molecule has 0 spiro atoms. The largest absolute Gasteiger partial charge is 0.482 e. The summed E-state index contributed by atoms with van der Waals surface area (Å²) in [4.78, 5) is 22.3. The zero-order valence-electron chi connectivity index (χ0n) is 13.6. The Labute approximate surface area is 130 Å². The van der Waals surface area contributed by atoms with Crippen molar-refractivity contribution in [1.82, 2.24) is 0 Å². The van der Waals surface area contributed by atoms with Crippen LogP contribution < -0.4 is 9.47 Å². The van der Waals surface area contributed by atoms with Crippen LogP contribution in [-0.2, 0) is 24.5 Å². The van der Waals surface area contributed by atoms with Crippen LogP contribution in [0, 0.1) is 0 Å². The molecular weight excluding hydrogens is 288 g/mol. The molecule has 0 aliphatic carbocycles. The lowest BCUT2D eigenvalue weighted by molar-refractivity contribution is -0.143. The van der Waals surface area contributed by atoms with Gasteiger partial charge < -0.3 is 18.9 Å². The highest BCUT2D eigenvalue weighted by Crippen LogP contribution is 2.34. The number of carbonyl (C=O) groups excluding carboxylic acids is 2. The highest BCUT2D eigenvalue weighted by atomic mass is 16.6. The molecule has 0 saturated carbocycles. The Morgan fingerprint density at radius 1 is 0.955 bits per heavy atom. The van der Waals surface area contributed by atoms with Gasteiger partial charge in [0, 0.05) is 5.56 Å². The van der Waals surface area contributed by atoms with E-state index in [-0.39, 0.29) is 18.6 Å². The second-order valence-electron chi connectivity index (χ2n) is 5.64. The summed E-state index contributed by atoms with van der Waals surface area (Å²) in [5.41, 5.74) is 0.634. The van der Waals surface area contributed by atoms with Crippen LogP contribution in [0.5, 0.6) is 11.5 Å². The van der Waals surface area contributed by atoms with Crippen molar-refractivity contribution in [3.63, 3.8) is 0 Å². The van der Waals surface area contributed by atoms with Crippen molar-refractivity contribution in [2.45, 2.75) is 26.2 Å². The van der Waals surface area contributed by atoms with E-state index in [1.54, 1.807) is 18.2 Å².